The molecular weight excluding hydrogens is 269 g/mol. The zero-order valence-corrected chi connectivity index (χ0v) is 11.3. The van der Waals surface area contributed by atoms with Crippen molar-refractivity contribution in [2.24, 2.45) is 0 Å². The summed E-state index contributed by atoms with van der Waals surface area (Å²) < 4.78 is 13.2. The number of nitrogens with two attached hydrogens (primary N) is 1. The van der Waals surface area contributed by atoms with Crippen LogP contribution >= 0.6 is 11.6 Å². The van der Waals surface area contributed by atoms with Crippen LogP contribution in [0.4, 0.5) is 15.9 Å². The average molecular weight is 282 g/mol. The first kappa shape index (κ1) is 13.5. The number of hydrogen-bond donors (Lipinski definition) is 2. The lowest BCUT2D eigenvalue weighted by molar-refractivity contribution is 0.619. The van der Waals surface area contributed by atoms with Gasteiger partial charge in [-0.05, 0) is 25.5 Å². The van der Waals surface area contributed by atoms with E-state index in [9.17, 15) is 4.39 Å². The molecule has 0 unspecified atom stereocenters. The van der Waals surface area contributed by atoms with E-state index in [0.29, 0.717) is 35.1 Å². The van der Waals surface area contributed by atoms with E-state index >= 15 is 0 Å². The second-order valence-corrected chi connectivity index (χ2v) is 4.45. The van der Waals surface area contributed by atoms with Crippen molar-refractivity contribution in [1.82, 2.24) is 15.0 Å². The number of pyridine rings is 1. The summed E-state index contributed by atoms with van der Waals surface area (Å²) >= 11 is 5.52. The Morgan fingerprint density at radius 1 is 1.37 bits per heavy atom. The Morgan fingerprint density at radius 2 is 2.11 bits per heavy atom. The third-order valence-corrected chi connectivity index (χ3v) is 2.84. The molecule has 19 heavy (non-hydrogen) atoms. The molecule has 0 amide bonds. The zero-order chi connectivity index (χ0) is 14.0. The zero-order valence-electron chi connectivity index (χ0n) is 10.5. The van der Waals surface area contributed by atoms with Gasteiger partial charge in [-0.2, -0.15) is 0 Å². The van der Waals surface area contributed by atoms with Crippen LogP contribution < -0.4 is 11.1 Å². The Labute approximate surface area is 115 Å². The van der Waals surface area contributed by atoms with Crippen LogP contribution in [0.3, 0.4) is 0 Å². The molecule has 5 nitrogen and oxygen atoms in total. The predicted molar refractivity (Wildman–Crippen MR) is 72.5 cm³/mol. The van der Waals surface area contributed by atoms with Crippen molar-refractivity contribution < 1.29 is 4.39 Å². The molecule has 3 N–H and O–H groups in total. The van der Waals surface area contributed by atoms with Gasteiger partial charge in [0.25, 0.3) is 0 Å². The van der Waals surface area contributed by atoms with Gasteiger partial charge in [0.05, 0.1) is 11.4 Å². The Hall–Kier alpha value is -1.95. The van der Waals surface area contributed by atoms with Crippen molar-refractivity contribution in [3.05, 3.63) is 40.3 Å². The fraction of sp³-hybridized carbons (Fsp3) is 0.250. The van der Waals surface area contributed by atoms with Crippen molar-refractivity contribution >= 4 is 23.1 Å². The highest BCUT2D eigenvalue weighted by Gasteiger charge is 2.07. The van der Waals surface area contributed by atoms with Crippen molar-refractivity contribution in [2.45, 2.75) is 20.4 Å². The molecule has 0 aromatic carbocycles. The first-order chi connectivity index (χ1) is 8.97. The summed E-state index contributed by atoms with van der Waals surface area (Å²) in [4.78, 5) is 12.1. The monoisotopic (exact) mass is 281 g/mol. The molecule has 0 spiro atoms. The molecule has 0 saturated heterocycles. The molecule has 0 radical (unpaired) electrons. The van der Waals surface area contributed by atoms with Gasteiger partial charge in [0.2, 0.25) is 0 Å². The smallest absolute Gasteiger partial charge is 0.164 e. The van der Waals surface area contributed by atoms with Gasteiger partial charge in [0.15, 0.2) is 16.8 Å². The molecule has 0 aliphatic rings. The second-order valence-electron chi connectivity index (χ2n) is 4.09. The van der Waals surface area contributed by atoms with Gasteiger partial charge >= 0.3 is 0 Å². The summed E-state index contributed by atoms with van der Waals surface area (Å²) in [7, 11) is 0. The summed E-state index contributed by atoms with van der Waals surface area (Å²) in [6.45, 7) is 3.93. The fourth-order valence-electron chi connectivity index (χ4n) is 1.60. The highest BCUT2D eigenvalue weighted by Crippen LogP contribution is 2.19. The third kappa shape index (κ3) is 3.08. The number of aromatic nitrogens is 3. The predicted octanol–water partition coefficient (Wildman–Crippen LogP) is 2.48. The van der Waals surface area contributed by atoms with Gasteiger partial charge in [0, 0.05) is 12.7 Å². The number of hydrogen-bond acceptors (Lipinski definition) is 5. The minimum absolute atomic E-state index is 0.142. The minimum Gasteiger partial charge on any atom is -0.394 e. The van der Waals surface area contributed by atoms with Crippen LogP contribution in [-0.2, 0) is 6.54 Å². The van der Waals surface area contributed by atoms with E-state index in [1.165, 1.54) is 12.3 Å². The van der Waals surface area contributed by atoms with Gasteiger partial charge in [-0.15, -0.1) is 0 Å². The van der Waals surface area contributed by atoms with Crippen LogP contribution in [0.5, 0.6) is 0 Å². The highest BCUT2D eigenvalue weighted by atomic mass is 35.5. The van der Waals surface area contributed by atoms with Crippen LogP contribution in [-0.4, -0.2) is 15.0 Å². The number of nitrogens with zero attached hydrogens (tertiary/aromatic N) is 3. The molecule has 100 valence electrons. The Morgan fingerprint density at radius 3 is 2.79 bits per heavy atom. The first-order valence-electron chi connectivity index (χ1n) is 5.62. The summed E-state index contributed by atoms with van der Waals surface area (Å²) in [5, 5.41) is 2.89. The third-order valence-electron chi connectivity index (χ3n) is 2.56. The van der Waals surface area contributed by atoms with E-state index in [2.05, 4.69) is 20.3 Å². The van der Waals surface area contributed by atoms with E-state index in [4.69, 9.17) is 17.3 Å². The Balaban J connectivity index is 2.16. The molecule has 0 aliphatic carbocycles. The van der Waals surface area contributed by atoms with E-state index in [-0.39, 0.29) is 5.15 Å². The Kier molecular flexibility index (Phi) is 3.80. The molecular formula is C12H13ClFN5. The summed E-state index contributed by atoms with van der Waals surface area (Å²) in [6, 6.07) is 1.32. The lowest BCUT2D eigenvalue weighted by Gasteiger charge is -2.10. The SMILES string of the molecule is Cc1nc(C)c(N)c(NCc2cnc(Cl)c(F)c2)n1. The number of halogens is 2. The van der Waals surface area contributed by atoms with Crippen LogP contribution in [0, 0.1) is 19.7 Å². The topological polar surface area (TPSA) is 76.7 Å². The highest BCUT2D eigenvalue weighted by molar-refractivity contribution is 6.29. The first-order valence-corrected chi connectivity index (χ1v) is 5.99. The maximum atomic E-state index is 13.2. The molecule has 2 aromatic heterocycles. The summed E-state index contributed by atoms with van der Waals surface area (Å²) in [5.41, 5.74) is 7.70. The molecule has 7 heteroatoms. The van der Waals surface area contributed by atoms with Gasteiger partial charge in [-0.1, -0.05) is 11.6 Å². The van der Waals surface area contributed by atoms with Gasteiger partial charge in [-0.25, -0.2) is 19.3 Å². The number of anilines is 2. The molecule has 2 rings (SSSR count). The molecule has 0 bridgehead atoms. The number of nitrogen functional groups attached to an aromatic ring is 1. The fourth-order valence-corrected chi connectivity index (χ4v) is 1.70. The van der Waals surface area contributed by atoms with Crippen LogP contribution in [0.2, 0.25) is 5.15 Å². The molecule has 0 atom stereocenters. The maximum Gasteiger partial charge on any atom is 0.164 e. The van der Waals surface area contributed by atoms with Crippen molar-refractivity contribution in [3.63, 3.8) is 0 Å². The summed E-state index contributed by atoms with van der Waals surface area (Å²) in [5.74, 6) is 0.596. The van der Waals surface area contributed by atoms with Crippen LogP contribution in [0.25, 0.3) is 0 Å². The normalized spacial score (nSPS) is 10.5. The molecule has 0 aliphatic heterocycles. The number of aryl methyl sites for hydroxylation is 2. The molecule has 0 saturated carbocycles. The quantitative estimate of drug-likeness (QED) is 0.845. The maximum absolute atomic E-state index is 13.2. The second kappa shape index (κ2) is 5.36. The van der Waals surface area contributed by atoms with Crippen molar-refractivity contribution in [2.75, 3.05) is 11.1 Å². The van der Waals surface area contributed by atoms with E-state index in [0.717, 1.165) is 0 Å². The lowest BCUT2D eigenvalue weighted by Crippen LogP contribution is -2.09. The molecule has 2 heterocycles. The minimum atomic E-state index is -0.552. The summed E-state index contributed by atoms with van der Waals surface area (Å²) in [6.07, 6.45) is 1.50. The van der Waals surface area contributed by atoms with E-state index in [1.807, 2.05) is 0 Å². The van der Waals surface area contributed by atoms with Crippen LogP contribution in [0.15, 0.2) is 12.3 Å². The average Bonchev–Trinajstić information content (AvgIpc) is 2.36. The van der Waals surface area contributed by atoms with Gasteiger partial charge < -0.3 is 11.1 Å². The molecule has 0 fully saturated rings. The van der Waals surface area contributed by atoms with Crippen molar-refractivity contribution in [1.29, 1.82) is 0 Å². The number of rotatable bonds is 3. The van der Waals surface area contributed by atoms with Gasteiger partial charge in [-0.3, -0.25) is 0 Å². The largest absolute Gasteiger partial charge is 0.394 e. The van der Waals surface area contributed by atoms with Crippen LogP contribution in [0.1, 0.15) is 17.1 Å². The molecule has 2 aromatic rings. The standard InChI is InChI=1S/C12H13ClFN5/c1-6-10(15)12(19-7(2)18-6)17-5-8-3-9(14)11(13)16-4-8/h3-4H,5,15H2,1-2H3,(H,17,18,19). The Bertz CT molecular complexity index is 617. The van der Waals surface area contributed by atoms with E-state index in [1.54, 1.807) is 13.8 Å². The van der Waals surface area contributed by atoms with Crippen molar-refractivity contribution in [3.8, 4) is 0 Å². The lowest BCUT2D eigenvalue weighted by atomic mass is 10.2. The van der Waals surface area contributed by atoms with E-state index < -0.39 is 5.82 Å². The van der Waals surface area contributed by atoms with Gasteiger partial charge in [0.1, 0.15) is 5.82 Å². The number of nitrogens with one attached hydrogen (secondary N) is 1.